The molecule has 2 aromatic rings. The number of nitrogens with one attached hydrogen (secondary N) is 1. The standard InChI is InChI=1S/C11H13ClO2.C7H8ClNO2S.Na.H/c1-7(2)10(11(13)14)8-3-5-9(12)6-4-8;1-6-2-4-7(5-3-6)12(10,11)9-8;;/h3-7,10H,1-2H3,(H,13,14);2-5,9H,1H3;;/q;;+1;-1. The molecule has 0 saturated carbocycles. The monoisotopic (exact) mass is 441 g/mol. The molecule has 0 heterocycles. The molecule has 1 unspecified atom stereocenters. The molecule has 0 aliphatic carbocycles. The molecular weight excluding hydrogens is 420 g/mol. The molecule has 0 bridgehead atoms. The van der Waals surface area contributed by atoms with Crippen LogP contribution in [0.1, 0.15) is 32.3 Å². The molecule has 0 fully saturated rings. The van der Waals surface area contributed by atoms with Crippen molar-refractivity contribution in [3.63, 3.8) is 0 Å². The van der Waals surface area contributed by atoms with Gasteiger partial charge in [0.05, 0.1) is 10.8 Å². The van der Waals surface area contributed by atoms with E-state index in [4.69, 9.17) is 28.5 Å². The van der Waals surface area contributed by atoms with Gasteiger partial charge in [0.2, 0.25) is 0 Å². The Morgan fingerprint density at radius 3 is 1.93 bits per heavy atom. The average Bonchev–Trinajstić information content (AvgIpc) is 2.57. The second-order valence-electron chi connectivity index (χ2n) is 6.01. The van der Waals surface area contributed by atoms with Crippen molar-refractivity contribution < 1.29 is 49.3 Å². The molecule has 9 heteroatoms. The summed E-state index contributed by atoms with van der Waals surface area (Å²) in [6, 6.07) is 13.4. The molecular formula is C18H22Cl2NNaO4S. The zero-order chi connectivity index (χ0) is 19.9. The van der Waals surface area contributed by atoms with Gasteiger partial charge in [-0.3, -0.25) is 4.79 Å². The fourth-order valence-electron chi connectivity index (χ4n) is 2.24. The molecule has 2 rings (SSSR count). The first-order chi connectivity index (χ1) is 12.1. The molecule has 0 aromatic heterocycles. The van der Waals surface area contributed by atoms with Crippen LogP contribution in [0.5, 0.6) is 0 Å². The Balaban J connectivity index is 0. The van der Waals surface area contributed by atoms with Crippen molar-refractivity contribution in [3.05, 3.63) is 64.7 Å². The predicted octanol–water partition coefficient (Wildman–Crippen LogP) is 1.71. The summed E-state index contributed by atoms with van der Waals surface area (Å²) < 4.78 is 23.9. The van der Waals surface area contributed by atoms with Crippen LogP contribution in [0.15, 0.2) is 53.4 Å². The molecule has 27 heavy (non-hydrogen) atoms. The van der Waals surface area contributed by atoms with E-state index in [1.54, 1.807) is 40.6 Å². The predicted molar refractivity (Wildman–Crippen MR) is 105 cm³/mol. The Kier molecular flexibility index (Phi) is 11.8. The van der Waals surface area contributed by atoms with Crippen molar-refractivity contribution in [1.82, 2.24) is 4.24 Å². The number of hydrogen-bond donors (Lipinski definition) is 2. The smallest absolute Gasteiger partial charge is 1.00 e. The van der Waals surface area contributed by atoms with Crippen LogP contribution >= 0.6 is 23.4 Å². The second-order valence-corrected chi connectivity index (χ2v) is 8.54. The number of hydrogen-bond acceptors (Lipinski definition) is 3. The zero-order valence-electron chi connectivity index (χ0n) is 16.6. The average molecular weight is 442 g/mol. The number of rotatable bonds is 5. The van der Waals surface area contributed by atoms with Crippen LogP contribution in [0.25, 0.3) is 0 Å². The number of carboxylic acids is 1. The van der Waals surface area contributed by atoms with Crippen molar-refractivity contribution in [3.8, 4) is 0 Å². The van der Waals surface area contributed by atoms with Crippen LogP contribution in [-0.4, -0.2) is 19.5 Å². The summed E-state index contributed by atoms with van der Waals surface area (Å²) in [5.41, 5.74) is 1.81. The van der Waals surface area contributed by atoms with E-state index in [-0.39, 0.29) is 41.8 Å². The minimum atomic E-state index is -3.50. The third kappa shape index (κ3) is 8.52. The third-order valence-corrected chi connectivity index (χ3v) is 5.55. The topological polar surface area (TPSA) is 83.5 Å². The molecule has 144 valence electrons. The largest absolute Gasteiger partial charge is 1.00 e. The van der Waals surface area contributed by atoms with Crippen LogP contribution < -0.4 is 33.8 Å². The number of benzene rings is 2. The van der Waals surface area contributed by atoms with Crippen LogP contribution in [0.2, 0.25) is 5.02 Å². The Labute approximate surface area is 194 Å². The van der Waals surface area contributed by atoms with E-state index in [2.05, 4.69) is 0 Å². The van der Waals surface area contributed by atoms with Crippen molar-refractivity contribution >= 4 is 39.4 Å². The van der Waals surface area contributed by atoms with E-state index in [1.807, 2.05) is 20.8 Å². The summed E-state index contributed by atoms with van der Waals surface area (Å²) in [4.78, 5) is 11.2. The first kappa shape index (κ1) is 26.4. The summed E-state index contributed by atoms with van der Waals surface area (Å²) >= 11 is 10.8. The Morgan fingerprint density at radius 1 is 1.07 bits per heavy atom. The molecule has 1 atom stereocenters. The number of aryl methyl sites for hydroxylation is 1. The van der Waals surface area contributed by atoms with Gasteiger partial charge in [-0.1, -0.05) is 55.3 Å². The number of carboxylic acid groups (broad SMARTS) is 1. The van der Waals surface area contributed by atoms with Crippen LogP contribution in [0.3, 0.4) is 0 Å². The van der Waals surface area contributed by atoms with E-state index in [9.17, 15) is 13.2 Å². The normalized spacial score (nSPS) is 11.8. The molecule has 2 aromatic carbocycles. The van der Waals surface area contributed by atoms with E-state index in [0.29, 0.717) is 5.02 Å². The Hall–Kier alpha value is -0.600. The molecule has 2 N–H and O–H groups in total. The van der Waals surface area contributed by atoms with Crippen molar-refractivity contribution in [1.29, 1.82) is 0 Å². The van der Waals surface area contributed by atoms with Gasteiger partial charge in [-0.05, 0) is 54.4 Å². The SMILES string of the molecule is CC(C)C(C(=O)O)c1ccc(Cl)cc1.Cc1ccc(S(=O)(=O)NCl)cc1.[H-].[Na+]. The van der Waals surface area contributed by atoms with Crippen LogP contribution in [0, 0.1) is 12.8 Å². The van der Waals surface area contributed by atoms with Crippen molar-refractivity contribution in [2.75, 3.05) is 0 Å². The summed E-state index contributed by atoms with van der Waals surface area (Å²) in [7, 11) is -3.50. The van der Waals surface area contributed by atoms with Gasteiger partial charge in [0, 0.05) is 5.02 Å². The van der Waals surface area contributed by atoms with Crippen LogP contribution in [0.4, 0.5) is 0 Å². The van der Waals surface area contributed by atoms with Gasteiger partial charge in [0.25, 0.3) is 10.0 Å². The number of carbonyl (C=O) groups is 1. The van der Waals surface area contributed by atoms with E-state index in [0.717, 1.165) is 11.1 Å². The van der Waals surface area contributed by atoms with Crippen molar-refractivity contribution in [2.45, 2.75) is 31.6 Å². The maximum absolute atomic E-state index is 11.1. The minimum Gasteiger partial charge on any atom is -1.00 e. The van der Waals surface area contributed by atoms with E-state index in [1.165, 1.54) is 12.1 Å². The second kappa shape index (κ2) is 12.1. The molecule has 0 saturated heterocycles. The Bertz CT molecular complexity index is 832. The quantitative estimate of drug-likeness (QED) is 0.546. The summed E-state index contributed by atoms with van der Waals surface area (Å²) in [5.74, 6) is -1.16. The van der Waals surface area contributed by atoms with E-state index < -0.39 is 21.9 Å². The van der Waals surface area contributed by atoms with Gasteiger partial charge in [-0.2, -0.15) is 0 Å². The molecule has 0 aliphatic heterocycles. The van der Waals surface area contributed by atoms with Gasteiger partial charge < -0.3 is 6.53 Å². The third-order valence-electron chi connectivity index (χ3n) is 3.59. The fraction of sp³-hybridized carbons (Fsp3) is 0.278. The van der Waals surface area contributed by atoms with Gasteiger partial charge in [-0.15, -0.1) is 4.24 Å². The van der Waals surface area contributed by atoms with Gasteiger partial charge in [0.15, 0.2) is 0 Å². The van der Waals surface area contributed by atoms with Gasteiger partial charge in [-0.25, -0.2) is 8.42 Å². The van der Waals surface area contributed by atoms with Crippen molar-refractivity contribution in [2.24, 2.45) is 5.92 Å². The molecule has 0 aliphatic rings. The number of halogens is 2. The number of aliphatic carboxylic acids is 1. The molecule has 0 radical (unpaired) electrons. The summed E-state index contributed by atoms with van der Waals surface area (Å²) in [6.07, 6.45) is 0. The van der Waals surface area contributed by atoms with Gasteiger partial charge in [0.1, 0.15) is 0 Å². The zero-order valence-corrected chi connectivity index (χ0v) is 19.9. The number of sulfonamides is 1. The molecule has 0 amide bonds. The first-order valence-corrected chi connectivity index (χ1v) is 9.99. The van der Waals surface area contributed by atoms with Gasteiger partial charge >= 0.3 is 35.5 Å². The minimum absolute atomic E-state index is 0. The Morgan fingerprint density at radius 2 is 1.56 bits per heavy atom. The first-order valence-electron chi connectivity index (χ1n) is 7.76. The van der Waals surface area contributed by atoms with Crippen LogP contribution in [-0.2, 0) is 14.8 Å². The summed E-state index contributed by atoms with van der Waals surface area (Å²) in [6.45, 7) is 5.67. The fourth-order valence-corrected chi connectivity index (χ4v) is 3.22. The molecule has 5 nitrogen and oxygen atoms in total. The van der Waals surface area contributed by atoms with E-state index >= 15 is 0 Å². The maximum atomic E-state index is 11.1. The molecule has 0 spiro atoms. The maximum Gasteiger partial charge on any atom is 1.00 e. The summed E-state index contributed by atoms with van der Waals surface area (Å²) in [5, 5.41) is 9.66.